The molecule has 1 aliphatic heterocycles. The molecular formula is C16H16N2O2. The number of carbonyl (C=O) groups is 1. The minimum atomic E-state index is -0.173. The largest absolute Gasteiger partial charge is 0.492 e. The van der Waals surface area contributed by atoms with Crippen molar-refractivity contribution in [1.29, 1.82) is 0 Å². The summed E-state index contributed by atoms with van der Waals surface area (Å²) in [5.41, 5.74) is 2.15. The van der Waals surface area contributed by atoms with Gasteiger partial charge in [0.25, 0.3) is 0 Å². The molecule has 3 rings (SSSR count). The summed E-state index contributed by atoms with van der Waals surface area (Å²) in [6, 6.07) is 11.6. The van der Waals surface area contributed by atoms with E-state index < -0.39 is 0 Å². The molecule has 1 aromatic carbocycles. The van der Waals surface area contributed by atoms with Crippen molar-refractivity contribution in [3.05, 3.63) is 53.7 Å². The quantitative estimate of drug-likeness (QED) is 0.910. The van der Waals surface area contributed by atoms with Gasteiger partial charge in [-0.05, 0) is 36.6 Å². The van der Waals surface area contributed by atoms with Gasteiger partial charge >= 0.3 is 0 Å². The number of nitrogens with one attached hydrogen (secondary N) is 1. The zero-order valence-electron chi connectivity index (χ0n) is 11.3. The Hall–Kier alpha value is -2.36. The van der Waals surface area contributed by atoms with Crippen LogP contribution >= 0.6 is 0 Å². The molecule has 0 aliphatic carbocycles. The third-order valence-corrected chi connectivity index (χ3v) is 3.41. The highest BCUT2D eigenvalue weighted by atomic mass is 16.5. The van der Waals surface area contributed by atoms with Gasteiger partial charge in [-0.2, -0.15) is 0 Å². The summed E-state index contributed by atoms with van der Waals surface area (Å²) in [6.45, 7) is 2.37. The molecule has 1 atom stereocenters. The van der Waals surface area contributed by atoms with Gasteiger partial charge in [0.2, 0.25) is 5.91 Å². The maximum absolute atomic E-state index is 12.2. The van der Waals surface area contributed by atoms with Gasteiger partial charge in [0.15, 0.2) is 0 Å². The maximum Gasteiger partial charge on any atom is 0.232 e. The minimum absolute atomic E-state index is 0.0455. The summed E-state index contributed by atoms with van der Waals surface area (Å²) in [5, 5.41) is 2.84. The number of hydrogen-bond donors (Lipinski definition) is 1. The Morgan fingerprint density at radius 1 is 1.30 bits per heavy atom. The van der Waals surface area contributed by atoms with Gasteiger partial charge in [-0.25, -0.2) is 4.98 Å². The Kier molecular flexibility index (Phi) is 3.37. The maximum atomic E-state index is 12.2. The SMILES string of the molecule is Cc1ccc(NC(=O)C2COc3ccccc3C2)nc1. The Morgan fingerprint density at radius 3 is 2.95 bits per heavy atom. The van der Waals surface area contributed by atoms with Crippen molar-refractivity contribution in [2.75, 3.05) is 11.9 Å². The molecule has 0 spiro atoms. The molecule has 1 aromatic heterocycles. The lowest BCUT2D eigenvalue weighted by Crippen LogP contribution is -2.32. The van der Waals surface area contributed by atoms with Crippen molar-refractivity contribution in [2.45, 2.75) is 13.3 Å². The molecule has 0 saturated heterocycles. The molecule has 2 aromatic rings. The van der Waals surface area contributed by atoms with Gasteiger partial charge in [-0.15, -0.1) is 0 Å². The van der Waals surface area contributed by atoms with E-state index in [1.54, 1.807) is 6.20 Å². The molecule has 1 unspecified atom stereocenters. The van der Waals surface area contributed by atoms with Crippen LogP contribution in [0.5, 0.6) is 5.75 Å². The van der Waals surface area contributed by atoms with Crippen LogP contribution in [-0.2, 0) is 11.2 Å². The molecule has 1 N–H and O–H groups in total. The normalized spacial score (nSPS) is 16.9. The lowest BCUT2D eigenvalue weighted by atomic mass is 9.96. The number of aryl methyl sites for hydroxylation is 1. The fourth-order valence-electron chi connectivity index (χ4n) is 2.27. The number of nitrogens with zero attached hydrogens (tertiary/aromatic N) is 1. The second-order valence-corrected chi connectivity index (χ2v) is 5.03. The molecule has 4 nitrogen and oxygen atoms in total. The summed E-state index contributed by atoms with van der Waals surface area (Å²) >= 11 is 0. The molecule has 1 amide bonds. The number of hydrogen-bond acceptors (Lipinski definition) is 3. The van der Waals surface area contributed by atoms with E-state index in [2.05, 4.69) is 10.3 Å². The smallest absolute Gasteiger partial charge is 0.232 e. The number of para-hydroxylation sites is 1. The Bertz CT molecular complexity index is 623. The molecule has 2 heterocycles. The van der Waals surface area contributed by atoms with Crippen LogP contribution in [-0.4, -0.2) is 17.5 Å². The molecule has 102 valence electrons. The molecular weight excluding hydrogens is 252 g/mol. The fraction of sp³-hybridized carbons (Fsp3) is 0.250. The third kappa shape index (κ3) is 2.64. The number of benzene rings is 1. The molecule has 0 bridgehead atoms. The van der Waals surface area contributed by atoms with Crippen LogP contribution in [0.1, 0.15) is 11.1 Å². The fourth-order valence-corrected chi connectivity index (χ4v) is 2.27. The monoisotopic (exact) mass is 268 g/mol. The molecule has 0 radical (unpaired) electrons. The van der Waals surface area contributed by atoms with Crippen LogP contribution in [0.4, 0.5) is 5.82 Å². The first-order chi connectivity index (χ1) is 9.72. The van der Waals surface area contributed by atoms with Crippen LogP contribution in [0, 0.1) is 12.8 Å². The highest BCUT2D eigenvalue weighted by molar-refractivity contribution is 5.92. The zero-order chi connectivity index (χ0) is 13.9. The molecule has 0 saturated carbocycles. The summed E-state index contributed by atoms with van der Waals surface area (Å²) < 4.78 is 5.63. The third-order valence-electron chi connectivity index (χ3n) is 3.41. The predicted octanol–water partition coefficient (Wildman–Crippen LogP) is 2.58. The van der Waals surface area contributed by atoms with Crippen LogP contribution < -0.4 is 10.1 Å². The lowest BCUT2D eigenvalue weighted by molar-refractivity contribution is -0.121. The van der Waals surface area contributed by atoms with Gasteiger partial charge in [0.1, 0.15) is 18.2 Å². The average molecular weight is 268 g/mol. The first kappa shape index (κ1) is 12.7. The summed E-state index contributed by atoms with van der Waals surface area (Å²) in [4.78, 5) is 16.4. The second-order valence-electron chi connectivity index (χ2n) is 5.03. The van der Waals surface area contributed by atoms with Crippen molar-refractivity contribution in [2.24, 2.45) is 5.92 Å². The minimum Gasteiger partial charge on any atom is -0.492 e. The van der Waals surface area contributed by atoms with Crippen LogP contribution in [0.2, 0.25) is 0 Å². The molecule has 0 fully saturated rings. The van der Waals surface area contributed by atoms with Crippen LogP contribution in [0.25, 0.3) is 0 Å². The van der Waals surface area contributed by atoms with Crippen molar-refractivity contribution >= 4 is 11.7 Å². The molecule has 1 aliphatic rings. The number of anilines is 1. The van der Waals surface area contributed by atoms with E-state index >= 15 is 0 Å². The number of ether oxygens (including phenoxy) is 1. The van der Waals surface area contributed by atoms with Gasteiger partial charge < -0.3 is 10.1 Å². The van der Waals surface area contributed by atoms with Gasteiger partial charge in [0.05, 0.1) is 5.92 Å². The first-order valence-corrected chi connectivity index (χ1v) is 6.66. The van der Waals surface area contributed by atoms with Gasteiger partial charge in [-0.1, -0.05) is 24.3 Å². The number of aromatic nitrogens is 1. The second kappa shape index (κ2) is 5.33. The predicted molar refractivity (Wildman–Crippen MR) is 76.7 cm³/mol. The summed E-state index contributed by atoms with van der Waals surface area (Å²) in [6.07, 6.45) is 2.44. The number of pyridine rings is 1. The van der Waals surface area contributed by atoms with Crippen molar-refractivity contribution in [1.82, 2.24) is 4.98 Å². The Morgan fingerprint density at radius 2 is 2.15 bits per heavy atom. The highest BCUT2D eigenvalue weighted by Crippen LogP contribution is 2.27. The van der Waals surface area contributed by atoms with Crippen LogP contribution in [0.3, 0.4) is 0 Å². The average Bonchev–Trinajstić information content (AvgIpc) is 2.49. The van der Waals surface area contributed by atoms with Crippen LogP contribution in [0.15, 0.2) is 42.6 Å². The van der Waals surface area contributed by atoms with E-state index in [-0.39, 0.29) is 11.8 Å². The molecule has 4 heteroatoms. The van der Waals surface area contributed by atoms with E-state index in [0.717, 1.165) is 16.9 Å². The number of fused-ring (bicyclic) bond motifs is 1. The lowest BCUT2D eigenvalue weighted by Gasteiger charge is -2.24. The van der Waals surface area contributed by atoms with E-state index in [4.69, 9.17) is 4.74 Å². The van der Waals surface area contributed by atoms with E-state index in [9.17, 15) is 4.79 Å². The van der Waals surface area contributed by atoms with Crippen molar-refractivity contribution < 1.29 is 9.53 Å². The topological polar surface area (TPSA) is 51.2 Å². The Balaban J connectivity index is 1.68. The highest BCUT2D eigenvalue weighted by Gasteiger charge is 2.25. The number of rotatable bonds is 2. The Labute approximate surface area is 117 Å². The summed E-state index contributed by atoms with van der Waals surface area (Å²) in [5.74, 6) is 1.24. The van der Waals surface area contributed by atoms with E-state index in [1.165, 1.54) is 0 Å². The zero-order valence-corrected chi connectivity index (χ0v) is 11.3. The molecule has 20 heavy (non-hydrogen) atoms. The van der Waals surface area contributed by atoms with E-state index in [1.807, 2.05) is 43.3 Å². The number of carbonyl (C=O) groups excluding carboxylic acids is 1. The summed E-state index contributed by atoms with van der Waals surface area (Å²) in [7, 11) is 0. The van der Waals surface area contributed by atoms with Crippen molar-refractivity contribution in [3.8, 4) is 5.75 Å². The van der Waals surface area contributed by atoms with Gasteiger partial charge in [-0.3, -0.25) is 4.79 Å². The van der Waals surface area contributed by atoms with Gasteiger partial charge in [0, 0.05) is 6.20 Å². The standard InChI is InChI=1S/C16H16N2O2/c1-11-6-7-15(17-9-11)18-16(19)13-8-12-4-2-3-5-14(12)20-10-13/h2-7,9,13H,8,10H2,1H3,(H,17,18,19). The first-order valence-electron chi connectivity index (χ1n) is 6.66. The van der Waals surface area contributed by atoms with E-state index in [0.29, 0.717) is 18.8 Å². The van der Waals surface area contributed by atoms with Crippen molar-refractivity contribution in [3.63, 3.8) is 0 Å². The number of amides is 1.